The molecule has 2 aliphatic carbocycles. The number of hydrogen-bond donors (Lipinski definition) is 3. The first-order valence-electron chi connectivity index (χ1n) is 20.4. The van der Waals surface area contributed by atoms with Gasteiger partial charge in [0.1, 0.15) is 23.3 Å². The van der Waals surface area contributed by atoms with Crippen LogP contribution in [0.25, 0.3) is 0 Å². The van der Waals surface area contributed by atoms with E-state index in [1.54, 1.807) is 62.1 Å². The van der Waals surface area contributed by atoms with Crippen LogP contribution >= 0.6 is 113 Å². The first-order valence-corrected chi connectivity index (χ1v) is 22.0. The second-order valence-electron chi connectivity index (χ2n) is 17.9. The Morgan fingerprint density at radius 2 is 1.02 bits per heavy atom. The number of carboxylic acid groups (broad SMARTS) is 1. The molecule has 0 spiro atoms. The van der Waals surface area contributed by atoms with E-state index in [0.29, 0.717) is 47.2 Å². The van der Waals surface area contributed by atoms with E-state index in [2.05, 4.69) is 37.2 Å². The number of nitrogen functional groups attached to an aromatic ring is 1. The van der Waals surface area contributed by atoms with E-state index in [0.717, 1.165) is 60.3 Å². The first kappa shape index (κ1) is 67.4. The van der Waals surface area contributed by atoms with Gasteiger partial charge < -0.3 is 25.6 Å². The molecule has 2 saturated heterocycles. The third kappa shape index (κ3) is 19.2. The number of ketones is 2. The Kier molecular flexibility index (Phi) is 30.3. The highest BCUT2D eigenvalue weighted by Gasteiger charge is 2.50. The summed E-state index contributed by atoms with van der Waals surface area (Å²) in [5, 5.41) is 12.2. The van der Waals surface area contributed by atoms with E-state index >= 15 is 0 Å². The molecular formula is C44H72Br2N4O9S6. The smallest absolute Gasteiger partial charge is 0.411 e. The van der Waals surface area contributed by atoms with Gasteiger partial charge in [-0.25, -0.2) is 14.4 Å². The summed E-state index contributed by atoms with van der Waals surface area (Å²) in [4.78, 5) is 75.8. The SMILES string of the molecule is CC(=O)c1ccc(Br)cc1N.CC(=O)c1ccc(Br)cc1NC(=O)[C@@H]1C[C@@H]2CCCC[C@@H]2N1C(=O)OC(C)(C)C.CC(C)(C)OC(=O)N1[C@H](C(=O)O)C[C@@H]2CCCC[C@@H]21.S.S.S.S.S.S. The number of anilines is 2. The van der Waals surface area contributed by atoms with Gasteiger partial charge in [0.05, 0.1) is 5.69 Å². The van der Waals surface area contributed by atoms with Gasteiger partial charge in [-0.05, 0) is 142 Å². The number of nitrogens with zero attached hydrogens (tertiary/aromatic N) is 2. The highest BCUT2D eigenvalue weighted by Crippen LogP contribution is 2.42. The number of rotatable bonds is 5. The largest absolute Gasteiger partial charge is 0.480 e. The van der Waals surface area contributed by atoms with Gasteiger partial charge in [0.2, 0.25) is 5.91 Å². The van der Waals surface area contributed by atoms with Crippen LogP contribution in [0.15, 0.2) is 45.3 Å². The number of benzene rings is 2. The topological polar surface area (TPSA) is 186 Å². The number of hydrogen-bond acceptors (Lipinski definition) is 9. The van der Waals surface area contributed by atoms with Crippen LogP contribution in [0.4, 0.5) is 21.0 Å². The number of carbonyl (C=O) groups excluding carboxylic acids is 5. The Bertz CT molecular complexity index is 1920. The first-order chi connectivity index (χ1) is 27.5. The predicted octanol–water partition coefficient (Wildman–Crippen LogP) is 10.7. The van der Waals surface area contributed by atoms with Crippen LogP contribution in [0, 0.1) is 11.8 Å². The van der Waals surface area contributed by atoms with Crippen LogP contribution in [0.2, 0.25) is 0 Å². The maximum Gasteiger partial charge on any atom is 0.411 e. The number of Topliss-reactive ketones (excluding diaryl/α,β-unsaturated/α-hetero) is 2. The normalized spacial score (nSPS) is 21.4. The van der Waals surface area contributed by atoms with Crippen LogP contribution in [-0.4, -0.2) is 85.9 Å². The fourth-order valence-electron chi connectivity index (χ4n) is 8.53. The molecule has 0 radical (unpaired) electrons. The maximum atomic E-state index is 13.2. The number of amides is 3. The lowest BCUT2D eigenvalue weighted by molar-refractivity contribution is -0.142. The molecule has 6 rings (SSSR count). The van der Waals surface area contributed by atoms with Crippen molar-refractivity contribution in [1.29, 1.82) is 0 Å². The Hall–Kier alpha value is -1.88. The molecule has 21 heteroatoms. The molecule has 4 aliphatic rings. The summed E-state index contributed by atoms with van der Waals surface area (Å²) in [5.74, 6) is -0.692. The summed E-state index contributed by atoms with van der Waals surface area (Å²) in [6.07, 6.45) is 8.48. The van der Waals surface area contributed by atoms with Crippen molar-refractivity contribution >= 4 is 160 Å². The molecule has 6 atom stereocenters. The lowest BCUT2D eigenvalue weighted by atomic mass is 9.85. The van der Waals surface area contributed by atoms with Crippen LogP contribution in [0.5, 0.6) is 0 Å². The van der Waals surface area contributed by atoms with Gasteiger partial charge in [-0.2, -0.15) is 81.0 Å². The average molecular weight is 1150 g/mol. The minimum Gasteiger partial charge on any atom is -0.480 e. The summed E-state index contributed by atoms with van der Waals surface area (Å²) in [5.41, 5.74) is 6.35. The Morgan fingerprint density at radius 3 is 1.42 bits per heavy atom. The molecule has 3 amide bonds. The highest BCUT2D eigenvalue weighted by molar-refractivity contribution is 9.10. The predicted molar refractivity (Wildman–Crippen MR) is 296 cm³/mol. The number of aliphatic carboxylic acids is 1. The Morgan fingerprint density at radius 1 is 0.631 bits per heavy atom. The van der Waals surface area contributed by atoms with Gasteiger partial charge in [-0.15, -0.1) is 0 Å². The van der Waals surface area contributed by atoms with E-state index < -0.39 is 41.4 Å². The molecule has 4 fully saturated rings. The van der Waals surface area contributed by atoms with E-state index in [1.165, 1.54) is 18.7 Å². The van der Waals surface area contributed by atoms with Gasteiger partial charge in [0.15, 0.2) is 11.6 Å². The highest BCUT2D eigenvalue weighted by atomic mass is 79.9. The van der Waals surface area contributed by atoms with Crippen LogP contribution in [0.1, 0.15) is 140 Å². The zero-order valence-corrected chi connectivity index (χ0v) is 47.6. The van der Waals surface area contributed by atoms with E-state index in [-0.39, 0.29) is 111 Å². The average Bonchev–Trinajstić information content (AvgIpc) is 3.71. The Labute approximate surface area is 443 Å². The van der Waals surface area contributed by atoms with E-state index in [4.69, 9.17) is 15.2 Å². The standard InChI is InChI=1S/C22H29BrN2O4.C14H23NO4.C8H8BrNO.6H2S/c1-13(26)16-10-9-15(23)12-17(16)24-20(27)19-11-14-7-5-6-8-18(14)25(19)21(28)29-22(2,3)4;1-14(2,3)19-13(18)15-10-7-5-4-6-9(10)8-11(15)12(16)17;1-5(11)7-3-2-6(9)4-8(7)10;;;;;;/h9-10,12,14,18-19H,5-8,11H2,1-4H3,(H,24,27);9-11H,4-8H2,1-3H3,(H,16,17);2-4H,10H2,1H3;6*1H2/t14-,18-,19-;9-,10-,11-;;;;;;;/m00......./s1. The maximum absolute atomic E-state index is 13.2. The van der Waals surface area contributed by atoms with Crippen molar-refractivity contribution in [3.05, 3.63) is 56.5 Å². The van der Waals surface area contributed by atoms with Crippen LogP contribution < -0.4 is 11.1 Å². The summed E-state index contributed by atoms with van der Waals surface area (Å²) >= 11 is 6.64. The number of nitrogens with one attached hydrogen (secondary N) is 1. The van der Waals surface area contributed by atoms with Crippen LogP contribution in [0.3, 0.4) is 0 Å². The van der Waals surface area contributed by atoms with Crippen molar-refractivity contribution in [2.24, 2.45) is 11.8 Å². The van der Waals surface area contributed by atoms with Gasteiger partial charge in [-0.3, -0.25) is 24.2 Å². The monoisotopic (exact) mass is 1150 g/mol. The molecule has 2 heterocycles. The van der Waals surface area contributed by atoms with E-state index in [1.807, 2.05) is 20.8 Å². The van der Waals surface area contributed by atoms with Crippen molar-refractivity contribution in [2.75, 3.05) is 11.1 Å². The summed E-state index contributed by atoms with van der Waals surface area (Å²) < 4.78 is 12.7. The van der Waals surface area contributed by atoms with Crippen molar-refractivity contribution < 1.29 is 43.3 Å². The van der Waals surface area contributed by atoms with Gasteiger partial charge >= 0.3 is 18.2 Å². The van der Waals surface area contributed by atoms with Crippen molar-refractivity contribution in [3.63, 3.8) is 0 Å². The zero-order chi connectivity index (χ0) is 44.0. The van der Waals surface area contributed by atoms with Crippen molar-refractivity contribution in [2.45, 2.75) is 155 Å². The molecule has 0 bridgehead atoms. The number of nitrogens with two attached hydrogens (primary N) is 1. The summed E-state index contributed by atoms with van der Waals surface area (Å²) in [7, 11) is 0. The number of halogens is 2. The summed E-state index contributed by atoms with van der Waals surface area (Å²) in [6, 6.07) is 9.15. The molecule has 372 valence electrons. The molecule has 2 aromatic carbocycles. The molecule has 2 aromatic rings. The molecular weight excluding hydrogens is 1080 g/mol. The van der Waals surface area contributed by atoms with Gasteiger partial charge in [-0.1, -0.05) is 57.5 Å². The third-order valence-corrected chi connectivity index (χ3v) is 12.0. The molecule has 13 nitrogen and oxygen atoms in total. The fraction of sp³-hybridized carbons (Fsp3) is 0.591. The molecule has 0 aromatic heterocycles. The minimum absolute atomic E-state index is 0. The lowest BCUT2D eigenvalue weighted by Crippen LogP contribution is -2.49. The number of likely N-dealkylation sites (tertiary alicyclic amines) is 2. The quantitative estimate of drug-likeness (QED) is 0.192. The third-order valence-electron chi connectivity index (χ3n) is 11.0. The number of fused-ring (bicyclic) bond motifs is 2. The number of carboxylic acids is 1. The van der Waals surface area contributed by atoms with Crippen LogP contribution in [-0.2, 0) is 19.1 Å². The minimum atomic E-state index is -0.916. The molecule has 2 saturated carbocycles. The number of ether oxygens (including phenoxy) is 2. The van der Waals surface area contributed by atoms with Gasteiger partial charge in [0, 0.05) is 37.8 Å². The summed E-state index contributed by atoms with van der Waals surface area (Å²) in [6.45, 7) is 13.9. The lowest BCUT2D eigenvalue weighted by Gasteiger charge is -2.34. The number of carbonyl (C=O) groups is 6. The second kappa shape index (κ2) is 29.2. The fourth-order valence-corrected chi connectivity index (χ4v) is 9.27. The van der Waals surface area contributed by atoms with Crippen molar-refractivity contribution in [3.8, 4) is 0 Å². The van der Waals surface area contributed by atoms with Crippen molar-refractivity contribution in [1.82, 2.24) is 9.80 Å². The second-order valence-corrected chi connectivity index (χ2v) is 19.7. The molecule has 65 heavy (non-hydrogen) atoms. The Balaban J connectivity index is -0.000000930. The zero-order valence-electron chi connectivity index (χ0n) is 38.4. The van der Waals surface area contributed by atoms with Gasteiger partial charge in [0.25, 0.3) is 0 Å². The molecule has 4 N–H and O–H groups in total. The van der Waals surface area contributed by atoms with E-state index in [9.17, 15) is 33.9 Å². The molecule has 2 aliphatic heterocycles. The molecule has 0 unspecified atom stereocenters.